The summed E-state index contributed by atoms with van der Waals surface area (Å²) < 4.78 is 16.8. The van der Waals surface area contributed by atoms with Crippen molar-refractivity contribution in [2.45, 2.75) is 264 Å². The zero-order valence-corrected chi connectivity index (χ0v) is 45.5. The molecule has 0 amide bonds. The van der Waals surface area contributed by atoms with E-state index < -0.39 is 6.10 Å². The number of hydrogen-bond donors (Lipinski definition) is 0. The molecule has 0 fully saturated rings. The number of carbonyl (C=O) groups excluding carboxylic acids is 3. The Kier molecular flexibility index (Phi) is 54.4. The maximum atomic E-state index is 12.8. The van der Waals surface area contributed by atoms with Gasteiger partial charge in [0.2, 0.25) is 0 Å². The van der Waals surface area contributed by atoms with E-state index in [4.69, 9.17) is 14.2 Å². The van der Waals surface area contributed by atoms with Gasteiger partial charge in [-0.15, -0.1) is 0 Å². The molecule has 0 aliphatic carbocycles. The first-order valence-electron chi connectivity index (χ1n) is 28.9. The lowest BCUT2D eigenvalue weighted by Crippen LogP contribution is -2.30. The molecule has 0 N–H and O–H groups in total. The molecule has 0 bridgehead atoms. The summed E-state index contributed by atoms with van der Waals surface area (Å²) in [6.07, 6.45) is 77.9. The molecule has 0 aliphatic rings. The van der Waals surface area contributed by atoms with Crippen molar-refractivity contribution in [3.05, 3.63) is 109 Å². The molecule has 0 aromatic heterocycles. The van der Waals surface area contributed by atoms with Gasteiger partial charge in [0.1, 0.15) is 13.2 Å². The van der Waals surface area contributed by atoms with E-state index in [-0.39, 0.29) is 37.5 Å². The highest BCUT2D eigenvalue weighted by molar-refractivity contribution is 5.71. The van der Waals surface area contributed by atoms with Crippen LogP contribution in [0.5, 0.6) is 0 Å². The monoisotopic (exact) mass is 971 g/mol. The van der Waals surface area contributed by atoms with Crippen LogP contribution >= 0.6 is 0 Å². The predicted molar refractivity (Wildman–Crippen MR) is 302 cm³/mol. The van der Waals surface area contributed by atoms with Crippen LogP contribution < -0.4 is 0 Å². The van der Waals surface area contributed by atoms with Crippen LogP contribution in [0.4, 0.5) is 0 Å². The van der Waals surface area contributed by atoms with E-state index in [2.05, 4.69) is 130 Å². The number of unbranched alkanes of at least 4 members (excludes halogenated alkanes) is 25. The molecule has 6 nitrogen and oxygen atoms in total. The molecule has 0 saturated heterocycles. The summed E-state index contributed by atoms with van der Waals surface area (Å²) in [4.78, 5) is 38.2. The van der Waals surface area contributed by atoms with Gasteiger partial charge in [-0.05, 0) is 83.5 Å². The Labute approximate surface area is 431 Å². The van der Waals surface area contributed by atoms with Crippen molar-refractivity contribution in [2.24, 2.45) is 0 Å². The second-order valence-electron chi connectivity index (χ2n) is 18.9. The van der Waals surface area contributed by atoms with E-state index in [0.29, 0.717) is 19.3 Å². The summed E-state index contributed by atoms with van der Waals surface area (Å²) in [5, 5.41) is 0. The van der Waals surface area contributed by atoms with Crippen LogP contribution in [0.25, 0.3) is 0 Å². The normalized spacial score (nSPS) is 12.9. The van der Waals surface area contributed by atoms with Crippen LogP contribution in [-0.2, 0) is 28.6 Å². The van der Waals surface area contributed by atoms with Crippen molar-refractivity contribution >= 4 is 17.9 Å². The fourth-order valence-electron chi connectivity index (χ4n) is 7.78. The lowest BCUT2D eigenvalue weighted by molar-refractivity contribution is -0.167. The fraction of sp³-hybridized carbons (Fsp3) is 0.672. The third-order valence-electron chi connectivity index (χ3n) is 12.1. The standard InChI is InChI=1S/C64H106O6/c1-4-7-10-13-16-19-22-25-28-31-34-36-39-42-45-48-51-54-57-63(66)69-60-61(70-64(67)58-55-52-49-46-43-40-37-33-30-27-24-21-18-15-12-9-6-3)59-68-62(65)56-53-50-47-44-41-38-35-32-29-26-23-20-17-14-11-8-5-2/h9,12,16,18-19,21-22,25,27-28,30-31,34,36-37,40,46,49,61H,4-8,10-11,13-15,17,20,23-24,26,29,32-33,35,38-39,41-45,47-48,50-60H2,1-3H3/b12-9-,19-16-,21-18-,25-22-,30-27-,31-28-,36-34-,40-37-,49-46-. The zero-order valence-electron chi connectivity index (χ0n) is 45.5. The van der Waals surface area contributed by atoms with Crippen molar-refractivity contribution in [2.75, 3.05) is 13.2 Å². The molecule has 0 aromatic carbocycles. The first kappa shape index (κ1) is 66.1. The highest BCUT2D eigenvalue weighted by Crippen LogP contribution is 2.15. The molecule has 1 unspecified atom stereocenters. The van der Waals surface area contributed by atoms with E-state index in [0.717, 1.165) is 103 Å². The van der Waals surface area contributed by atoms with E-state index in [1.54, 1.807) is 0 Å². The second-order valence-corrected chi connectivity index (χ2v) is 18.9. The molecule has 0 rings (SSSR count). The van der Waals surface area contributed by atoms with Gasteiger partial charge in [0.25, 0.3) is 0 Å². The summed E-state index contributed by atoms with van der Waals surface area (Å²) in [5.74, 6) is -0.987. The molecule has 0 radical (unpaired) electrons. The highest BCUT2D eigenvalue weighted by atomic mass is 16.6. The lowest BCUT2D eigenvalue weighted by atomic mass is 10.0. The number of allylic oxidation sites excluding steroid dienone is 18. The number of ether oxygens (including phenoxy) is 3. The maximum Gasteiger partial charge on any atom is 0.306 e. The fourth-order valence-corrected chi connectivity index (χ4v) is 7.78. The van der Waals surface area contributed by atoms with Crippen molar-refractivity contribution in [1.82, 2.24) is 0 Å². The third-order valence-corrected chi connectivity index (χ3v) is 12.1. The topological polar surface area (TPSA) is 78.9 Å². The zero-order chi connectivity index (χ0) is 50.7. The van der Waals surface area contributed by atoms with Crippen LogP contribution in [0.1, 0.15) is 258 Å². The largest absolute Gasteiger partial charge is 0.462 e. The first-order valence-corrected chi connectivity index (χ1v) is 28.9. The maximum absolute atomic E-state index is 12.8. The summed E-state index contributed by atoms with van der Waals surface area (Å²) in [7, 11) is 0. The molecular formula is C64H106O6. The minimum absolute atomic E-state index is 0.108. The minimum atomic E-state index is -0.819. The molecule has 6 heteroatoms. The Bertz CT molecular complexity index is 1440. The molecule has 0 saturated carbocycles. The molecule has 70 heavy (non-hydrogen) atoms. The van der Waals surface area contributed by atoms with Gasteiger partial charge in [0.15, 0.2) is 6.10 Å². The van der Waals surface area contributed by atoms with Crippen LogP contribution in [-0.4, -0.2) is 37.2 Å². The van der Waals surface area contributed by atoms with E-state index in [1.165, 1.54) is 109 Å². The van der Waals surface area contributed by atoms with Gasteiger partial charge in [0, 0.05) is 19.3 Å². The van der Waals surface area contributed by atoms with Gasteiger partial charge >= 0.3 is 17.9 Å². The quantitative estimate of drug-likeness (QED) is 0.0199. The summed E-state index contributed by atoms with van der Waals surface area (Å²) in [6.45, 7) is 6.43. The van der Waals surface area contributed by atoms with E-state index in [1.807, 2.05) is 0 Å². The van der Waals surface area contributed by atoms with E-state index in [9.17, 15) is 14.4 Å². The average molecular weight is 972 g/mol. The molecule has 398 valence electrons. The molecule has 0 heterocycles. The van der Waals surface area contributed by atoms with Gasteiger partial charge < -0.3 is 14.2 Å². The van der Waals surface area contributed by atoms with Crippen molar-refractivity contribution in [3.8, 4) is 0 Å². The smallest absolute Gasteiger partial charge is 0.306 e. The Hall–Kier alpha value is -3.93. The number of rotatable bonds is 51. The van der Waals surface area contributed by atoms with Crippen LogP contribution in [0, 0.1) is 0 Å². The second kappa shape index (κ2) is 57.6. The number of esters is 3. The van der Waals surface area contributed by atoms with Gasteiger partial charge in [-0.25, -0.2) is 0 Å². The lowest BCUT2D eigenvalue weighted by Gasteiger charge is -2.18. The highest BCUT2D eigenvalue weighted by Gasteiger charge is 2.19. The summed E-state index contributed by atoms with van der Waals surface area (Å²) >= 11 is 0. The van der Waals surface area contributed by atoms with Crippen molar-refractivity contribution < 1.29 is 28.6 Å². The molecule has 0 aliphatic heterocycles. The summed E-state index contributed by atoms with van der Waals surface area (Å²) in [5.41, 5.74) is 0. The van der Waals surface area contributed by atoms with Gasteiger partial charge in [-0.1, -0.05) is 265 Å². The van der Waals surface area contributed by atoms with Gasteiger partial charge in [-0.2, -0.15) is 0 Å². The van der Waals surface area contributed by atoms with Gasteiger partial charge in [-0.3, -0.25) is 14.4 Å². The van der Waals surface area contributed by atoms with E-state index >= 15 is 0 Å². The SMILES string of the molecule is CC/C=C\C/C=C\C/C=C\C/C=C\C/C=C\CCCC(=O)OC(COC(=O)CCCCCCC\C=C/C=C\C=C/C=C\CCCCC)COC(=O)CCCCCCCCCCCCCCCCCCC. The number of carbonyl (C=O) groups is 3. The van der Waals surface area contributed by atoms with Crippen molar-refractivity contribution in [3.63, 3.8) is 0 Å². The Morgan fingerprint density at radius 3 is 1.06 bits per heavy atom. The third kappa shape index (κ3) is 55.0. The molecular weight excluding hydrogens is 865 g/mol. The summed E-state index contributed by atoms with van der Waals surface area (Å²) in [6, 6.07) is 0. The molecule has 0 aromatic rings. The average Bonchev–Trinajstić information content (AvgIpc) is 3.36. The minimum Gasteiger partial charge on any atom is -0.462 e. The van der Waals surface area contributed by atoms with Crippen LogP contribution in [0.15, 0.2) is 109 Å². The Balaban J connectivity index is 4.52. The number of hydrogen-bond acceptors (Lipinski definition) is 6. The van der Waals surface area contributed by atoms with Crippen LogP contribution in [0.3, 0.4) is 0 Å². The van der Waals surface area contributed by atoms with Crippen molar-refractivity contribution in [1.29, 1.82) is 0 Å². The Morgan fingerprint density at radius 1 is 0.314 bits per heavy atom. The molecule has 0 spiro atoms. The van der Waals surface area contributed by atoms with Crippen LogP contribution in [0.2, 0.25) is 0 Å². The Morgan fingerprint density at radius 2 is 0.629 bits per heavy atom. The predicted octanol–water partition coefficient (Wildman–Crippen LogP) is 19.5. The first-order chi connectivity index (χ1) is 34.5. The molecule has 1 atom stereocenters. The van der Waals surface area contributed by atoms with Gasteiger partial charge in [0.05, 0.1) is 0 Å².